The van der Waals surface area contributed by atoms with Gasteiger partial charge in [0.15, 0.2) is 11.6 Å². The van der Waals surface area contributed by atoms with Gasteiger partial charge in [0, 0.05) is 6.54 Å². The van der Waals surface area contributed by atoms with E-state index in [9.17, 15) is 14.3 Å². The Morgan fingerprint density at radius 3 is 2.43 bits per heavy atom. The number of nitrogens with zero attached hydrogens (tertiary/aromatic N) is 2. The van der Waals surface area contributed by atoms with Crippen molar-refractivity contribution in [3.8, 4) is 16.9 Å². The first-order chi connectivity index (χ1) is 16.6. The summed E-state index contributed by atoms with van der Waals surface area (Å²) in [6.45, 7) is 11.2. The predicted molar refractivity (Wildman–Crippen MR) is 135 cm³/mol. The van der Waals surface area contributed by atoms with Crippen LogP contribution in [-0.2, 0) is 6.42 Å². The summed E-state index contributed by atoms with van der Waals surface area (Å²) in [5.41, 5.74) is 3.85. The van der Waals surface area contributed by atoms with Crippen molar-refractivity contribution in [2.24, 2.45) is 11.3 Å². The lowest BCUT2D eigenvalue weighted by Crippen LogP contribution is -2.61. The molecule has 1 N–H and O–H groups in total. The molecular formula is C29H37FN2O3. The molecule has 2 bridgehead atoms. The van der Waals surface area contributed by atoms with Crippen molar-refractivity contribution in [3.05, 3.63) is 53.3 Å². The lowest BCUT2D eigenvalue weighted by atomic mass is 9.68. The quantitative estimate of drug-likeness (QED) is 0.540. The monoisotopic (exact) mass is 480 g/mol. The average molecular weight is 481 g/mol. The maximum Gasteiger partial charge on any atom is 0.408 e. The predicted octanol–water partition coefficient (Wildman–Crippen LogP) is 6.37. The van der Waals surface area contributed by atoms with Crippen LogP contribution >= 0.6 is 0 Å². The summed E-state index contributed by atoms with van der Waals surface area (Å²) < 4.78 is 20.2. The molecule has 2 aromatic carbocycles. The fourth-order valence-electron chi connectivity index (χ4n) is 6.53. The molecule has 3 fully saturated rings. The topological polar surface area (TPSA) is 53.0 Å². The SMILES string of the molecule is CC(C)Oc1ccc(-c2ccc3c(c2)CCC(C)(C)[C@H]3N(C(=O)O)[C@@H]2CN3CCC2CC3)cc1F. The Morgan fingerprint density at radius 1 is 1.14 bits per heavy atom. The summed E-state index contributed by atoms with van der Waals surface area (Å²) in [5, 5.41) is 10.5. The summed E-state index contributed by atoms with van der Waals surface area (Å²) in [4.78, 5) is 17.0. The zero-order valence-electron chi connectivity index (χ0n) is 21.3. The Balaban J connectivity index is 1.50. The normalized spacial score (nSPS) is 26.9. The van der Waals surface area contributed by atoms with Crippen LogP contribution in [0.3, 0.4) is 0 Å². The first-order valence-electron chi connectivity index (χ1n) is 13.0. The van der Waals surface area contributed by atoms with Gasteiger partial charge in [-0.25, -0.2) is 9.18 Å². The van der Waals surface area contributed by atoms with Crippen molar-refractivity contribution in [1.82, 2.24) is 9.80 Å². The third-order valence-corrected chi connectivity index (χ3v) is 8.32. The molecule has 2 atom stereocenters. The summed E-state index contributed by atoms with van der Waals surface area (Å²) >= 11 is 0. The van der Waals surface area contributed by atoms with Gasteiger partial charge in [0.25, 0.3) is 0 Å². The standard InChI is InChI=1S/C29H37FN2O3/c1-18(2)35-26-8-6-21(16-24(26)30)20-5-7-23-22(15-20)9-12-29(3,4)27(23)32(28(33)34)25-17-31-13-10-19(25)11-14-31/h5-8,15-16,18-19,25,27H,9-14,17H2,1-4H3,(H,33,34)/t25-,27+/m1/s1. The number of rotatable bonds is 5. The highest BCUT2D eigenvalue weighted by Gasteiger charge is 2.48. The number of aryl methyl sites for hydroxylation is 1. The minimum absolute atomic E-state index is 0.0347. The van der Waals surface area contributed by atoms with Crippen molar-refractivity contribution >= 4 is 6.09 Å². The maximum absolute atomic E-state index is 14.7. The van der Waals surface area contributed by atoms with Crippen LogP contribution in [0, 0.1) is 17.2 Å². The van der Waals surface area contributed by atoms with E-state index in [4.69, 9.17) is 4.74 Å². The molecule has 6 heteroatoms. The lowest BCUT2D eigenvalue weighted by molar-refractivity contribution is -0.0352. The molecular weight excluding hydrogens is 443 g/mol. The number of benzene rings is 2. The maximum atomic E-state index is 14.7. The van der Waals surface area contributed by atoms with Crippen LogP contribution in [0.2, 0.25) is 0 Å². The second-order valence-electron chi connectivity index (χ2n) is 11.5. The lowest BCUT2D eigenvalue weighted by Gasteiger charge is -2.54. The van der Waals surface area contributed by atoms with Gasteiger partial charge < -0.3 is 14.7 Å². The number of hydrogen-bond acceptors (Lipinski definition) is 3. The zero-order valence-corrected chi connectivity index (χ0v) is 21.3. The Labute approximate surface area is 207 Å². The van der Waals surface area contributed by atoms with E-state index in [1.807, 2.05) is 26.0 Å². The van der Waals surface area contributed by atoms with Crippen LogP contribution in [0.4, 0.5) is 9.18 Å². The van der Waals surface area contributed by atoms with Gasteiger partial charge in [-0.15, -0.1) is 0 Å². The smallest absolute Gasteiger partial charge is 0.408 e. The summed E-state index contributed by atoms with van der Waals surface area (Å²) in [5.74, 6) is 0.330. The first-order valence-corrected chi connectivity index (χ1v) is 13.0. The third kappa shape index (κ3) is 4.53. The van der Waals surface area contributed by atoms with E-state index in [0.29, 0.717) is 5.92 Å². The highest BCUT2D eigenvalue weighted by molar-refractivity contribution is 5.69. The number of ether oxygens (including phenoxy) is 1. The molecule has 1 amide bonds. The van der Waals surface area contributed by atoms with E-state index in [0.717, 1.165) is 62.0 Å². The first kappa shape index (κ1) is 24.1. The molecule has 2 aromatic rings. The minimum atomic E-state index is -0.818. The number of fused-ring (bicyclic) bond motifs is 4. The number of piperidine rings is 3. The van der Waals surface area contributed by atoms with Crippen molar-refractivity contribution in [3.63, 3.8) is 0 Å². The molecule has 3 saturated heterocycles. The summed E-state index contributed by atoms with van der Waals surface area (Å²) in [7, 11) is 0. The van der Waals surface area contributed by atoms with Gasteiger partial charge in [0.2, 0.25) is 0 Å². The van der Waals surface area contributed by atoms with Crippen LogP contribution in [-0.4, -0.2) is 52.8 Å². The summed E-state index contributed by atoms with van der Waals surface area (Å²) in [6, 6.07) is 11.2. The zero-order chi connectivity index (χ0) is 24.9. The molecule has 3 heterocycles. The van der Waals surface area contributed by atoms with Gasteiger partial charge in [0.1, 0.15) is 0 Å². The van der Waals surface area contributed by atoms with Crippen LogP contribution in [0.25, 0.3) is 11.1 Å². The number of carbonyl (C=O) groups is 1. The van der Waals surface area contributed by atoms with Gasteiger partial charge >= 0.3 is 6.09 Å². The molecule has 3 aliphatic heterocycles. The molecule has 0 saturated carbocycles. The van der Waals surface area contributed by atoms with Crippen molar-refractivity contribution in [1.29, 1.82) is 0 Å². The molecule has 4 aliphatic rings. The average Bonchev–Trinajstić information content (AvgIpc) is 2.82. The third-order valence-electron chi connectivity index (χ3n) is 8.32. The molecule has 0 radical (unpaired) electrons. The highest BCUT2D eigenvalue weighted by atomic mass is 19.1. The molecule has 6 rings (SSSR count). The second kappa shape index (κ2) is 9.12. The van der Waals surface area contributed by atoms with Gasteiger partial charge in [-0.1, -0.05) is 38.1 Å². The molecule has 1 aliphatic carbocycles. The van der Waals surface area contributed by atoms with E-state index in [1.54, 1.807) is 11.0 Å². The number of hydrogen-bond donors (Lipinski definition) is 1. The Kier molecular flexibility index (Phi) is 6.28. The fourth-order valence-corrected chi connectivity index (χ4v) is 6.53. The second-order valence-corrected chi connectivity index (χ2v) is 11.5. The number of halogens is 1. The van der Waals surface area contributed by atoms with E-state index in [1.165, 1.54) is 11.6 Å². The van der Waals surface area contributed by atoms with Gasteiger partial charge in [-0.05, 0) is 98.3 Å². The van der Waals surface area contributed by atoms with Crippen LogP contribution in [0.15, 0.2) is 36.4 Å². The van der Waals surface area contributed by atoms with Gasteiger partial charge in [-0.3, -0.25) is 4.90 Å². The van der Waals surface area contributed by atoms with E-state index in [2.05, 4.69) is 30.9 Å². The van der Waals surface area contributed by atoms with Crippen LogP contribution in [0.5, 0.6) is 5.75 Å². The molecule has 0 aromatic heterocycles. The van der Waals surface area contributed by atoms with Gasteiger partial charge in [-0.2, -0.15) is 0 Å². The number of carboxylic acid groups (broad SMARTS) is 1. The number of amides is 1. The molecule has 35 heavy (non-hydrogen) atoms. The Morgan fingerprint density at radius 2 is 1.83 bits per heavy atom. The van der Waals surface area contributed by atoms with Crippen molar-refractivity contribution < 1.29 is 19.0 Å². The van der Waals surface area contributed by atoms with Crippen LogP contribution < -0.4 is 4.74 Å². The highest BCUT2D eigenvalue weighted by Crippen LogP contribution is 2.50. The Bertz CT molecular complexity index is 1110. The van der Waals surface area contributed by atoms with E-state index in [-0.39, 0.29) is 35.2 Å². The minimum Gasteiger partial charge on any atom is -0.488 e. The van der Waals surface area contributed by atoms with Crippen LogP contribution in [0.1, 0.15) is 64.1 Å². The largest absolute Gasteiger partial charge is 0.488 e. The fraction of sp³-hybridized carbons (Fsp3) is 0.552. The molecule has 5 nitrogen and oxygen atoms in total. The molecule has 0 unspecified atom stereocenters. The summed E-state index contributed by atoms with van der Waals surface area (Å²) in [6.07, 6.45) is 3.05. The van der Waals surface area contributed by atoms with E-state index < -0.39 is 6.09 Å². The van der Waals surface area contributed by atoms with E-state index >= 15 is 0 Å². The molecule has 188 valence electrons. The van der Waals surface area contributed by atoms with Crippen molar-refractivity contribution in [2.75, 3.05) is 19.6 Å². The van der Waals surface area contributed by atoms with Gasteiger partial charge in [0.05, 0.1) is 18.2 Å². The Hall–Kier alpha value is -2.60. The van der Waals surface area contributed by atoms with Crippen molar-refractivity contribution in [2.45, 2.75) is 71.6 Å². The molecule has 0 spiro atoms.